The number of nitrogens with zero attached hydrogens (tertiary/aromatic N) is 1. The Kier molecular flexibility index (Phi) is 7.11. The fourth-order valence-corrected chi connectivity index (χ4v) is 1.87. The lowest BCUT2D eigenvalue weighted by molar-refractivity contribution is -0.135. The molecule has 1 aromatic rings. The molecular weight excluding hydrogens is 245 g/mol. The predicted octanol–water partition coefficient (Wildman–Crippen LogP) is 2.99. The molecule has 0 heterocycles. The van der Waals surface area contributed by atoms with E-state index < -0.39 is 0 Å². The van der Waals surface area contributed by atoms with Crippen LogP contribution in [0.1, 0.15) is 31.7 Å². The van der Waals surface area contributed by atoms with Crippen LogP contribution in [0, 0.1) is 5.82 Å². The van der Waals surface area contributed by atoms with Gasteiger partial charge in [0.15, 0.2) is 0 Å². The maximum absolute atomic E-state index is 12.9. The molecule has 1 aromatic carbocycles. The van der Waals surface area contributed by atoms with E-state index >= 15 is 0 Å². The summed E-state index contributed by atoms with van der Waals surface area (Å²) in [7, 11) is 1.51. The van der Waals surface area contributed by atoms with Gasteiger partial charge in [0.05, 0.1) is 0 Å². The molecule has 0 aromatic heterocycles. The third-order valence-electron chi connectivity index (χ3n) is 2.94. The van der Waals surface area contributed by atoms with Crippen LogP contribution in [-0.4, -0.2) is 31.1 Å². The second-order valence-electron chi connectivity index (χ2n) is 4.58. The van der Waals surface area contributed by atoms with Gasteiger partial charge in [0.25, 0.3) is 0 Å². The van der Waals surface area contributed by atoms with Crippen LogP contribution < -0.4 is 0 Å². The fraction of sp³-hybridized carbons (Fsp3) is 0.533. The van der Waals surface area contributed by atoms with E-state index in [1.165, 1.54) is 19.2 Å². The molecule has 1 rings (SSSR count). The van der Waals surface area contributed by atoms with Gasteiger partial charge in [-0.05, 0) is 24.1 Å². The number of hydrogen-bond acceptors (Lipinski definition) is 2. The first kappa shape index (κ1) is 15.6. The molecule has 1 amide bonds. The molecule has 0 fully saturated rings. The summed E-state index contributed by atoms with van der Waals surface area (Å²) in [6, 6.07) is 6.26. The van der Waals surface area contributed by atoms with Crippen molar-refractivity contribution in [3.05, 3.63) is 35.6 Å². The highest BCUT2D eigenvalue weighted by molar-refractivity contribution is 5.77. The summed E-state index contributed by atoms with van der Waals surface area (Å²) >= 11 is 0. The summed E-state index contributed by atoms with van der Waals surface area (Å²) in [6.45, 7) is 3.44. The highest BCUT2D eigenvalue weighted by Gasteiger charge is 2.13. The fourth-order valence-electron chi connectivity index (χ4n) is 1.87. The highest BCUT2D eigenvalue weighted by atomic mass is 19.1. The minimum Gasteiger partial charge on any atom is -0.375 e. The molecule has 0 aliphatic heterocycles. The Hall–Kier alpha value is -1.42. The zero-order chi connectivity index (χ0) is 14.1. The van der Waals surface area contributed by atoms with Crippen LogP contribution in [0.5, 0.6) is 0 Å². The molecule has 106 valence electrons. The van der Waals surface area contributed by atoms with Gasteiger partial charge in [0, 0.05) is 20.2 Å². The number of halogens is 1. The molecule has 0 bridgehead atoms. The summed E-state index contributed by atoms with van der Waals surface area (Å²) in [5, 5.41) is 0. The largest absolute Gasteiger partial charge is 0.375 e. The third-order valence-corrected chi connectivity index (χ3v) is 2.94. The number of carbonyl (C=O) groups is 1. The van der Waals surface area contributed by atoms with Gasteiger partial charge in [-0.2, -0.15) is 0 Å². The Morgan fingerprint density at radius 2 is 1.95 bits per heavy atom. The molecule has 0 saturated heterocycles. The molecule has 0 saturated carbocycles. The maximum Gasteiger partial charge on any atom is 0.248 e. The Morgan fingerprint density at radius 3 is 2.53 bits per heavy atom. The van der Waals surface area contributed by atoms with Gasteiger partial charge < -0.3 is 9.64 Å². The minimum absolute atomic E-state index is 0.0251. The molecule has 4 heteroatoms. The number of hydrogen-bond donors (Lipinski definition) is 0. The lowest BCUT2D eigenvalue weighted by Gasteiger charge is -2.22. The van der Waals surface area contributed by atoms with Crippen molar-refractivity contribution in [1.82, 2.24) is 4.90 Å². The number of amides is 1. The van der Waals surface area contributed by atoms with Crippen LogP contribution in [-0.2, 0) is 16.1 Å². The van der Waals surface area contributed by atoms with Gasteiger partial charge in [-0.15, -0.1) is 0 Å². The standard InChI is InChI=1S/C15H22FNO2/c1-3-4-5-10-17(15(18)12-19-2)11-13-6-8-14(16)9-7-13/h6-9H,3-5,10-12H2,1-2H3. The quantitative estimate of drug-likeness (QED) is 0.678. The van der Waals surface area contributed by atoms with Crippen LogP contribution in [0.25, 0.3) is 0 Å². The van der Waals surface area contributed by atoms with E-state index in [1.54, 1.807) is 17.0 Å². The maximum atomic E-state index is 12.9. The molecule has 0 atom stereocenters. The van der Waals surface area contributed by atoms with Crippen molar-refractivity contribution >= 4 is 5.91 Å². The van der Waals surface area contributed by atoms with E-state index in [0.29, 0.717) is 13.1 Å². The van der Waals surface area contributed by atoms with Crippen LogP contribution in [0.4, 0.5) is 4.39 Å². The molecule has 0 N–H and O–H groups in total. The van der Waals surface area contributed by atoms with Gasteiger partial charge in [-0.1, -0.05) is 31.9 Å². The monoisotopic (exact) mass is 267 g/mol. The van der Waals surface area contributed by atoms with Crippen LogP contribution in [0.15, 0.2) is 24.3 Å². The van der Waals surface area contributed by atoms with Crippen molar-refractivity contribution in [3.8, 4) is 0 Å². The third kappa shape index (κ3) is 5.83. The first-order chi connectivity index (χ1) is 9.17. The SMILES string of the molecule is CCCCCN(Cc1ccc(F)cc1)C(=O)COC. The second-order valence-corrected chi connectivity index (χ2v) is 4.58. The van der Waals surface area contributed by atoms with Crippen LogP contribution in [0.2, 0.25) is 0 Å². The number of unbranched alkanes of at least 4 members (excludes halogenated alkanes) is 2. The Labute approximate surface area is 114 Å². The lowest BCUT2D eigenvalue weighted by atomic mass is 10.2. The van der Waals surface area contributed by atoms with Gasteiger partial charge in [0.1, 0.15) is 12.4 Å². The van der Waals surface area contributed by atoms with E-state index in [4.69, 9.17) is 4.74 Å². The minimum atomic E-state index is -0.260. The number of methoxy groups -OCH3 is 1. The highest BCUT2D eigenvalue weighted by Crippen LogP contribution is 2.09. The van der Waals surface area contributed by atoms with E-state index in [1.807, 2.05) is 0 Å². The lowest BCUT2D eigenvalue weighted by Crippen LogP contribution is -2.34. The average molecular weight is 267 g/mol. The number of ether oxygens (including phenoxy) is 1. The molecule has 0 unspecified atom stereocenters. The van der Waals surface area contributed by atoms with Crippen molar-refractivity contribution in [2.24, 2.45) is 0 Å². The van der Waals surface area contributed by atoms with Crippen LogP contribution in [0.3, 0.4) is 0 Å². The Morgan fingerprint density at radius 1 is 1.26 bits per heavy atom. The number of rotatable bonds is 8. The topological polar surface area (TPSA) is 29.5 Å². The second kappa shape index (κ2) is 8.64. The first-order valence-corrected chi connectivity index (χ1v) is 6.68. The van der Waals surface area contributed by atoms with Gasteiger partial charge in [0.2, 0.25) is 5.91 Å². The van der Waals surface area contributed by atoms with Crippen molar-refractivity contribution in [3.63, 3.8) is 0 Å². The number of benzene rings is 1. The van der Waals surface area contributed by atoms with Gasteiger partial charge >= 0.3 is 0 Å². The van der Waals surface area contributed by atoms with E-state index in [2.05, 4.69) is 6.92 Å². The van der Waals surface area contributed by atoms with Crippen molar-refractivity contribution in [2.45, 2.75) is 32.7 Å². The molecule has 19 heavy (non-hydrogen) atoms. The summed E-state index contributed by atoms with van der Waals surface area (Å²) in [6.07, 6.45) is 3.19. The Balaban J connectivity index is 2.61. The molecule has 0 radical (unpaired) electrons. The predicted molar refractivity (Wildman–Crippen MR) is 73.2 cm³/mol. The van der Waals surface area contributed by atoms with Crippen molar-refractivity contribution < 1.29 is 13.9 Å². The van der Waals surface area contributed by atoms with E-state index in [9.17, 15) is 9.18 Å². The molecule has 0 aliphatic rings. The molecule has 0 aliphatic carbocycles. The van der Waals surface area contributed by atoms with Crippen molar-refractivity contribution in [2.75, 3.05) is 20.3 Å². The zero-order valence-corrected chi connectivity index (χ0v) is 11.7. The summed E-state index contributed by atoms with van der Waals surface area (Å²) in [5.74, 6) is -0.285. The number of carbonyl (C=O) groups excluding carboxylic acids is 1. The molecule has 3 nitrogen and oxygen atoms in total. The molecule has 0 spiro atoms. The summed E-state index contributed by atoms with van der Waals surface area (Å²) in [4.78, 5) is 13.7. The first-order valence-electron chi connectivity index (χ1n) is 6.68. The Bertz CT molecular complexity index is 378. The van der Waals surface area contributed by atoms with E-state index in [-0.39, 0.29) is 18.3 Å². The van der Waals surface area contributed by atoms with E-state index in [0.717, 1.165) is 24.8 Å². The normalized spacial score (nSPS) is 10.5. The molecular formula is C15H22FNO2. The zero-order valence-electron chi connectivity index (χ0n) is 11.7. The van der Waals surface area contributed by atoms with Gasteiger partial charge in [-0.25, -0.2) is 4.39 Å². The average Bonchev–Trinajstić information content (AvgIpc) is 2.40. The summed E-state index contributed by atoms with van der Waals surface area (Å²) in [5.41, 5.74) is 0.933. The summed E-state index contributed by atoms with van der Waals surface area (Å²) < 4.78 is 17.7. The smallest absolute Gasteiger partial charge is 0.248 e. The van der Waals surface area contributed by atoms with Gasteiger partial charge in [-0.3, -0.25) is 4.79 Å². The van der Waals surface area contributed by atoms with Crippen molar-refractivity contribution in [1.29, 1.82) is 0 Å². The van der Waals surface area contributed by atoms with Crippen LogP contribution >= 0.6 is 0 Å².